The summed E-state index contributed by atoms with van der Waals surface area (Å²) in [5.41, 5.74) is 6.86. The molecule has 3 heteroatoms. The van der Waals surface area contributed by atoms with E-state index >= 15 is 0 Å². The summed E-state index contributed by atoms with van der Waals surface area (Å²) in [6.45, 7) is 5.09. The molecule has 0 aliphatic rings. The Morgan fingerprint density at radius 2 is 1.84 bits per heavy atom. The van der Waals surface area contributed by atoms with Crippen LogP contribution in [0, 0.1) is 0 Å². The number of hydrogen-bond acceptors (Lipinski definition) is 3. The largest absolute Gasteiger partial charge is 0.492 e. The number of aromatic nitrogens is 1. The van der Waals surface area contributed by atoms with Crippen LogP contribution in [0.3, 0.4) is 0 Å². The van der Waals surface area contributed by atoms with Crippen LogP contribution >= 0.6 is 0 Å². The molecule has 0 saturated heterocycles. The summed E-state index contributed by atoms with van der Waals surface area (Å²) in [5, 5.41) is 0. The van der Waals surface area contributed by atoms with E-state index in [1.807, 2.05) is 12.1 Å². The van der Waals surface area contributed by atoms with Crippen molar-refractivity contribution in [3.05, 3.63) is 24.0 Å². The molecule has 0 aromatic carbocycles. The van der Waals surface area contributed by atoms with Gasteiger partial charge in [-0.3, -0.25) is 4.98 Å². The van der Waals surface area contributed by atoms with Gasteiger partial charge in [-0.15, -0.1) is 0 Å². The second-order valence-corrected chi connectivity index (χ2v) is 5.05. The first kappa shape index (κ1) is 16.0. The molecule has 2 N–H and O–H groups in total. The van der Waals surface area contributed by atoms with E-state index in [0.717, 1.165) is 30.9 Å². The van der Waals surface area contributed by atoms with E-state index in [0.29, 0.717) is 0 Å². The third-order valence-corrected chi connectivity index (χ3v) is 3.35. The van der Waals surface area contributed by atoms with Crippen LogP contribution in [-0.2, 0) is 0 Å². The Kier molecular flexibility index (Phi) is 8.23. The van der Waals surface area contributed by atoms with Gasteiger partial charge in [0.25, 0.3) is 0 Å². The maximum Gasteiger partial charge on any atom is 0.137 e. The summed E-state index contributed by atoms with van der Waals surface area (Å²) in [5.74, 6) is 0.848. The summed E-state index contributed by atoms with van der Waals surface area (Å²) in [7, 11) is 0. The topological polar surface area (TPSA) is 48.1 Å². The molecule has 3 nitrogen and oxygen atoms in total. The first-order valence-corrected chi connectivity index (χ1v) is 7.62. The SMILES string of the molecule is CCCCCCCCOc1ccc(C(N)CC)nc1. The molecule has 1 aromatic heterocycles. The molecule has 0 fully saturated rings. The van der Waals surface area contributed by atoms with Crippen LogP contribution in [0.25, 0.3) is 0 Å². The van der Waals surface area contributed by atoms with Crippen LogP contribution < -0.4 is 10.5 Å². The van der Waals surface area contributed by atoms with Crippen molar-refractivity contribution in [2.45, 2.75) is 64.8 Å². The number of nitrogens with zero attached hydrogens (tertiary/aromatic N) is 1. The molecule has 0 aliphatic carbocycles. The minimum atomic E-state index is 0.0348. The fourth-order valence-electron chi connectivity index (χ4n) is 1.98. The highest BCUT2D eigenvalue weighted by Crippen LogP contribution is 2.15. The predicted octanol–water partition coefficient (Wildman–Crippen LogP) is 4.23. The Balaban J connectivity index is 2.16. The lowest BCUT2D eigenvalue weighted by molar-refractivity contribution is 0.303. The van der Waals surface area contributed by atoms with Gasteiger partial charge in [0.05, 0.1) is 18.5 Å². The highest BCUT2D eigenvalue weighted by atomic mass is 16.5. The predicted molar refractivity (Wildman–Crippen MR) is 80.3 cm³/mol. The second kappa shape index (κ2) is 9.79. The monoisotopic (exact) mass is 264 g/mol. The summed E-state index contributed by atoms with van der Waals surface area (Å²) in [4.78, 5) is 4.34. The van der Waals surface area contributed by atoms with Crippen molar-refractivity contribution in [1.29, 1.82) is 0 Å². The third kappa shape index (κ3) is 6.58. The van der Waals surface area contributed by atoms with Gasteiger partial charge >= 0.3 is 0 Å². The van der Waals surface area contributed by atoms with Crippen LogP contribution in [0.1, 0.15) is 70.5 Å². The molecule has 0 saturated carbocycles. The van der Waals surface area contributed by atoms with Gasteiger partial charge in [0.1, 0.15) is 5.75 Å². The highest BCUT2D eigenvalue weighted by Gasteiger charge is 2.04. The highest BCUT2D eigenvalue weighted by molar-refractivity contribution is 5.21. The first-order chi connectivity index (χ1) is 9.27. The number of hydrogen-bond donors (Lipinski definition) is 1. The summed E-state index contributed by atoms with van der Waals surface area (Å²) in [6.07, 6.45) is 10.4. The van der Waals surface area contributed by atoms with Crippen molar-refractivity contribution in [3.63, 3.8) is 0 Å². The molecule has 0 aliphatic heterocycles. The van der Waals surface area contributed by atoms with Gasteiger partial charge in [-0.05, 0) is 25.0 Å². The molecule has 1 heterocycles. The van der Waals surface area contributed by atoms with Gasteiger partial charge in [0.15, 0.2) is 0 Å². The lowest BCUT2D eigenvalue weighted by Gasteiger charge is -2.09. The van der Waals surface area contributed by atoms with E-state index in [1.165, 1.54) is 32.1 Å². The van der Waals surface area contributed by atoms with Gasteiger partial charge in [-0.2, -0.15) is 0 Å². The van der Waals surface area contributed by atoms with Gasteiger partial charge in [0.2, 0.25) is 0 Å². The average Bonchev–Trinajstić information content (AvgIpc) is 2.46. The Labute approximate surface area is 117 Å². The van der Waals surface area contributed by atoms with Crippen LogP contribution in [0.15, 0.2) is 18.3 Å². The molecule has 108 valence electrons. The lowest BCUT2D eigenvalue weighted by Crippen LogP contribution is -2.10. The van der Waals surface area contributed by atoms with Gasteiger partial charge < -0.3 is 10.5 Å². The normalized spacial score (nSPS) is 12.4. The fraction of sp³-hybridized carbons (Fsp3) is 0.688. The Hall–Kier alpha value is -1.09. The molecule has 19 heavy (non-hydrogen) atoms. The number of ether oxygens (including phenoxy) is 1. The molecule has 1 rings (SSSR count). The van der Waals surface area contributed by atoms with E-state index in [1.54, 1.807) is 6.20 Å². The number of rotatable bonds is 10. The van der Waals surface area contributed by atoms with E-state index in [4.69, 9.17) is 10.5 Å². The van der Waals surface area contributed by atoms with Crippen LogP contribution in [0.5, 0.6) is 5.75 Å². The summed E-state index contributed by atoms with van der Waals surface area (Å²) in [6, 6.07) is 3.97. The zero-order chi connectivity index (χ0) is 13.9. The van der Waals surface area contributed by atoms with Crippen molar-refractivity contribution >= 4 is 0 Å². The van der Waals surface area contributed by atoms with Crippen molar-refractivity contribution in [1.82, 2.24) is 4.98 Å². The fourth-order valence-corrected chi connectivity index (χ4v) is 1.98. The standard InChI is InChI=1S/C16H28N2O/c1-3-5-6-7-8-9-12-19-14-10-11-16(18-13-14)15(17)4-2/h10-11,13,15H,3-9,12,17H2,1-2H3. The zero-order valence-electron chi connectivity index (χ0n) is 12.4. The molecule has 0 amide bonds. The van der Waals surface area contributed by atoms with Gasteiger partial charge in [-0.25, -0.2) is 0 Å². The molecule has 1 atom stereocenters. The second-order valence-electron chi connectivity index (χ2n) is 5.05. The number of unbranched alkanes of at least 4 members (excludes halogenated alkanes) is 5. The minimum Gasteiger partial charge on any atom is -0.492 e. The molecule has 0 radical (unpaired) electrons. The smallest absolute Gasteiger partial charge is 0.137 e. The van der Waals surface area contributed by atoms with Crippen molar-refractivity contribution in [2.75, 3.05) is 6.61 Å². The number of nitrogens with two attached hydrogens (primary N) is 1. The summed E-state index contributed by atoms with van der Waals surface area (Å²) >= 11 is 0. The molecule has 1 aromatic rings. The molecular formula is C16H28N2O. The maximum atomic E-state index is 5.92. The maximum absolute atomic E-state index is 5.92. The molecular weight excluding hydrogens is 236 g/mol. The molecule has 0 spiro atoms. The Morgan fingerprint density at radius 1 is 1.11 bits per heavy atom. The van der Waals surface area contributed by atoms with Crippen LogP contribution in [0.2, 0.25) is 0 Å². The quantitative estimate of drug-likeness (QED) is 0.643. The Bertz CT molecular complexity index is 324. The third-order valence-electron chi connectivity index (χ3n) is 3.35. The molecule has 0 bridgehead atoms. The van der Waals surface area contributed by atoms with Crippen LogP contribution in [-0.4, -0.2) is 11.6 Å². The van der Waals surface area contributed by atoms with E-state index in [2.05, 4.69) is 18.8 Å². The van der Waals surface area contributed by atoms with E-state index in [-0.39, 0.29) is 6.04 Å². The van der Waals surface area contributed by atoms with Crippen molar-refractivity contribution < 1.29 is 4.74 Å². The van der Waals surface area contributed by atoms with Crippen molar-refractivity contribution in [3.8, 4) is 5.75 Å². The zero-order valence-corrected chi connectivity index (χ0v) is 12.4. The Morgan fingerprint density at radius 3 is 2.47 bits per heavy atom. The number of pyridine rings is 1. The van der Waals surface area contributed by atoms with Gasteiger partial charge in [-0.1, -0.05) is 46.0 Å². The van der Waals surface area contributed by atoms with Crippen LogP contribution in [0.4, 0.5) is 0 Å². The van der Waals surface area contributed by atoms with E-state index in [9.17, 15) is 0 Å². The summed E-state index contributed by atoms with van der Waals surface area (Å²) < 4.78 is 5.68. The van der Waals surface area contributed by atoms with Crippen molar-refractivity contribution in [2.24, 2.45) is 5.73 Å². The van der Waals surface area contributed by atoms with Gasteiger partial charge in [0, 0.05) is 6.04 Å². The lowest BCUT2D eigenvalue weighted by atomic mass is 10.1. The first-order valence-electron chi connectivity index (χ1n) is 7.62. The molecule has 1 unspecified atom stereocenters. The average molecular weight is 264 g/mol. The van der Waals surface area contributed by atoms with E-state index < -0.39 is 0 Å². The minimum absolute atomic E-state index is 0.0348.